The predicted molar refractivity (Wildman–Crippen MR) is 93.7 cm³/mol. The van der Waals surface area contributed by atoms with Crippen LogP contribution in [0.4, 0.5) is 13.2 Å². The topological polar surface area (TPSA) is 83.4 Å². The Hall–Kier alpha value is -1.64. The Balaban J connectivity index is 0.000000387. The number of alkyl halides is 3. The first-order valence-corrected chi connectivity index (χ1v) is 9.04. The van der Waals surface area contributed by atoms with Crippen LogP contribution in [-0.2, 0) is 20.7 Å². The third-order valence-corrected chi connectivity index (χ3v) is 3.97. The van der Waals surface area contributed by atoms with Crippen LogP contribution in [0.5, 0.6) is 0 Å². The van der Waals surface area contributed by atoms with Gasteiger partial charge in [0.2, 0.25) is 6.04 Å². The number of carbonyl (C=O) groups excluding carboxylic acids is 1. The smallest absolute Gasteiger partial charge is 0.389 e. The Labute approximate surface area is 157 Å². The van der Waals surface area contributed by atoms with Crippen molar-refractivity contribution in [3.8, 4) is 0 Å². The van der Waals surface area contributed by atoms with Gasteiger partial charge in [0, 0.05) is 13.0 Å². The van der Waals surface area contributed by atoms with Crippen molar-refractivity contribution >= 4 is 5.97 Å². The highest BCUT2D eigenvalue weighted by atomic mass is 19.4. The van der Waals surface area contributed by atoms with Crippen LogP contribution in [0.3, 0.4) is 0 Å². The van der Waals surface area contributed by atoms with Crippen LogP contribution in [0, 0.1) is 5.92 Å². The lowest BCUT2D eigenvalue weighted by atomic mass is 9.95. The van der Waals surface area contributed by atoms with Crippen LogP contribution >= 0.6 is 0 Å². The van der Waals surface area contributed by atoms with Gasteiger partial charge >= 0.3 is 12.1 Å². The van der Waals surface area contributed by atoms with Crippen LogP contribution in [0.25, 0.3) is 0 Å². The summed E-state index contributed by atoms with van der Waals surface area (Å²) in [5.74, 6) is 0.114. The molecule has 1 saturated heterocycles. The van der Waals surface area contributed by atoms with Crippen molar-refractivity contribution < 1.29 is 38.3 Å². The number of carbonyl (C=O) groups is 1. The molecule has 0 spiro atoms. The second-order valence-corrected chi connectivity index (χ2v) is 6.72. The van der Waals surface area contributed by atoms with E-state index >= 15 is 0 Å². The van der Waals surface area contributed by atoms with E-state index in [1.165, 1.54) is 5.56 Å². The highest BCUT2D eigenvalue weighted by Crippen LogP contribution is 2.20. The minimum absolute atomic E-state index is 0.0767. The van der Waals surface area contributed by atoms with Gasteiger partial charge in [0.05, 0.1) is 12.7 Å². The summed E-state index contributed by atoms with van der Waals surface area (Å²) in [6.07, 6.45) is -3.49. The molecule has 3 atom stereocenters. The summed E-state index contributed by atoms with van der Waals surface area (Å²) in [5, 5.41) is 7.93. The fourth-order valence-electron chi connectivity index (χ4n) is 2.69. The first kappa shape index (κ1) is 23.4. The number of quaternary nitrogens is 1. The fraction of sp³-hybridized carbons (Fsp3) is 0.632. The minimum Gasteiger partial charge on any atom is -0.458 e. The predicted octanol–water partition coefficient (Wildman–Crippen LogP) is 2.13. The maximum absolute atomic E-state index is 11.6. The van der Waals surface area contributed by atoms with Crippen LogP contribution in [0.1, 0.15) is 31.7 Å². The Morgan fingerprint density at radius 2 is 1.89 bits per heavy atom. The van der Waals surface area contributed by atoms with Gasteiger partial charge in [-0.05, 0) is 37.7 Å². The maximum atomic E-state index is 11.6. The second kappa shape index (κ2) is 11.9. The molecule has 5 nitrogen and oxygen atoms in total. The average molecular weight is 392 g/mol. The number of aliphatic hydroxyl groups excluding tert-OH is 1. The van der Waals surface area contributed by atoms with Crippen molar-refractivity contribution in [2.45, 2.75) is 50.9 Å². The summed E-state index contributed by atoms with van der Waals surface area (Å²) in [5.41, 5.74) is 5.06. The lowest BCUT2D eigenvalue weighted by molar-refractivity contribution is -0.415. The van der Waals surface area contributed by atoms with Crippen molar-refractivity contribution in [1.82, 2.24) is 0 Å². The molecule has 0 bridgehead atoms. The zero-order valence-corrected chi connectivity index (χ0v) is 15.6. The maximum Gasteiger partial charge on any atom is 0.389 e. The van der Waals surface area contributed by atoms with E-state index in [9.17, 15) is 18.0 Å². The molecule has 1 aliphatic heterocycles. The van der Waals surface area contributed by atoms with Crippen LogP contribution in [0.2, 0.25) is 0 Å². The largest absolute Gasteiger partial charge is 0.458 e. The molecule has 0 saturated carbocycles. The monoisotopic (exact) mass is 392 g/mol. The number of rotatable bonds is 4. The summed E-state index contributed by atoms with van der Waals surface area (Å²) in [7, 11) is 0. The van der Waals surface area contributed by atoms with E-state index in [-0.39, 0.29) is 25.1 Å². The van der Waals surface area contributed by atoms with Crippen LogP contribution in [-0.4, -0.2) is 49.2 Å². The van der Waals surface area contributed by atoms with Gasteiger partial charge in [0.25, 0.3) is 0 Å². The molecule has 1 aliphatic rings. The molecule has 0 amide bonds. The summed E-state index contributed by atoms with van der Waals surface area (Å²) in [6.45, 7) is 2.55. The molecule has 2 unspecified atom stereocenters. The number of aliphatic hydroxyl groups is 1. The summed E-state index contributed by atoms with van der Waals surface area (Å²) >= 11 is 0. The van der Waals surface area contributed by atoms with Crippen molar-refractivity contribution in [3.63, 3.8) is 0 Å². The van der Waals surface area contributed by atoms with Gasteiger partial charge in [0.1, 0.15) is 6.61 Å². The Bertz CT molecular complexity index is 540. The number of cyclic esters (lactones) is 1. The number of esters is 1. The third kappa shape index (κ3) is 10.9. The molecule has 2 rings (SSSR count). The second-order valence-electron chi connectivity index (χ2n) is 6.72. The number of ether oxygens (including phenoxy) is 2. The molecular formula is C19H29F3NO4+. The van der Waals surface area contributed by atoms with E-state index in [0.29, 0.717) is 19.1 Å². The molecule has 4 N–H and O–H groups in total. The molecule has 1 heterocycles. The van der Waals surface area contributed by atoms with E-state index in [2.05, 4.69) is 17.9 Å². The van der Waals surface area contributed by atoms with Crippen molar-refractivity contribution in [2.75, 3.05) is 19.8 Å². The summed E-state index contributed by atoms with van der Waals surface area (Å²) in [6, 6.07) is 9.92. The van der Waals surface area contributed by atoms with Crippen LogP contribution < -0.4 is 5.73 Å². The van der Waals surface area contributed by atoms with E-state index in [1.807, 2.05) is 25.1 Å². The van der Waals surface area contributed by atoms with Gasteiger partial charge in [-0.1, -0.05) is 30.3 Å². The van der Waals surface area contributed by atoms with Crippen molar-refractivity contribution in [2.24, 2.45) is 5.92 Å². The molecule has 27 heavy (non-hydrogen) atoms. The highest BCUT2D eigenvalue weighted by Gasteiger charge is 2.27. The van der Waals surface area contributed by atoms with Gasteiger partial charge in [-0.15, -0.1) is 0 Å². The van der Waals surface area contributed by atoms with Crippen molar-refractivity contribution in [3.05, 3.63) is 35.9 Å². The van der Waals surface area contributed by atoms with E-state index < -0.39 is 18.6 Å². The quantitative estimate of drug-likeness (QED) is 0.769. The third-order valence-electron chi connectivity index (χ3n) is 3.97. The number of benzene rings is 1. The van der Waals surface area contributed by atoms with Gasteiger partial charge in [-0.25, -0.2) is 4.79 Å². The van der Waals surface area contributed by atoms with Crippen molar-refractivity contribution in [1.29, 1.82) is 0 Å². The molecule has 154 valence electrons. The number of hydrogen-bond acceptors (Lipinski definition) is 4. The van der Waals surface area contributed by atoms with Gasteiger partial charge in [-0.3, -0.25) is 0 Å². The van der Waals surface area contributed by atoms with Gasteiger partial charge in [-0.2, -0.15) is 13.2 Å². The van der Waals surface area contributed by atoms with E-state index in [1.54, 1.807) is 0 Å². The standard InChI is InChI=1S/C15H21NO3.C4H7F3O/c1-11-7-13(8-12-5-3-2-4-6-12)9-18-10-14(16)15(17)19-11;5-4(6,7)2-1-3-8/h2-6,11,13-14H,7-10,16H2,1H3;8H,1-3H2/p+1/t11?,13?,14-;/m0./s1. The lowest BCUT2D eigenvalue weighted by Crippen LogP contribution is -2.67. The molecule has 1 aromatic carbocycles. The highest BCUT2D eigenvalue weighted by molar-refractivity contribution is 5.74. The molecule has 1 aromatic rings. The van der Waals surface area contributed by atoms with Crippen LogP contribution in [0.15, 0.2) is 30.3 Å². The molecule has 1 fully saturated rings. The van der Waals surface area contributed by atoms with Gasteiger partial charge in [0.15, 0.2) is 0 Å². The number of hydrogen-bond donors (Lipinski definition) is 2. The summed E-state index contributed by atoms with van der Waals surface area (Å²) < 4.78 is 44.4. The Morgan fingerprint density at radius 1 is 1.22 bits per heavy atom. The minimum atomic E-state index is -4.11. The SMILES string of the molecule is CC1CC(Cc2ccccc2)COC[C@H]([NH3+])C(=O)O1.OCCCC(F)(F)F. The molecular weight excluding hydrogens is 363 g/mol. The molecule has 0 aliphatic carbocycles. The summed E-state index contributed by atoms with van der Waals surface area (Å²) in [4.78, 5) is 11.6. The normalized spacial score (nSPS) is 23.9. The zero-order chi connectivity index (χ0) is 20.3. The fourth-order valence-corrected chi connectivity index (χ4v) is 2.69. The van der Waals surface area contributed by atoms with Gasteiger partial charge < -0.3 is 20.3 Å². The first-order valence-electron chi connectivity index (χ1n) is 9.04. The Morgan fingerprint density at radius 3 is 2.44 bits per heavy atom. The molecule has 0 radical (unpaired) electrons. The first-order chi connectivity index (χ1) is 12.7. The van der Waals surface area contributed by atoms with E-state index in [0.717, 1.165) is 12.8 Å². The lowest BCUT2D eigenvalue weighted by Gasteiger charge is -2.19. The zero-order valence-electron chi connectivity index (χ0n) is 15.6. The Kier molecular flexibility index (Phi) is 10.4. The molecule has 8 heteroatoms. The average Bonchev–Trinajstić information content (AvgIpc) is 2.65. The number of halogens is 3. The molecule has 0 aromatic heterocycles. The van der Waals surface area contributed by atoms with E-state index in [4.69, 9.17) is 14.6 Å².